The minimum Gasteiger partial charge on any atom is -0.373 e. The highest BCUT2D eigenvalue weighted by molar-refractivity contribution is 5.37. The van der Waals surface area contributed by atoms with E-state index in [1.807, 2.05) is 13.1 Å². The van der Waals surface area contributed by atoms with E-state index < -0.39 is 0 Å². The molecule has 1 saturated carbocycles. The number of nitrogens with one attached hydrogen (secondary N) is 1. The van der Waals surface area contributed by atoms with Crippen LogP contribution in [-0.2, 0) is 0 Å². The zero-order valence-corrected chi connectivity index (χ0v) is 9.91. The average molecular weight is 205 g/mol. The molecule has 1 aliphatic rings. The van der Waals surface area contributed by atoms with Crippen molar-refractivity contribution in [2.24, 2.45) is 5.92 Å². The van der Waals surface area contributed by atoms with Crippen LogP contribution in [0.2, 0.25) is 0 Å². The summed E-state index contributed by atoms with van der Waals surface area (Å²) in [5.41, 5.74) is 1.14. The van der Waals surface area contributed by atoms with Crippen LogP contribution < -0.4 is 5.32 Å². The van der Waals surface area contributed by atoms with Crippen LogP contribution in [0.1, 0.15) is 50.5 Å². The monoisotopic (exact) mass is 205 g/mol. The van der Waals surface area contributed by atoms with E-state index in [9.17, 15) is 0 Å². The fraction of sp³-hybridized carbons (Fsp3) is 0.667. The van der Waals surface area contributed by atoms with E-state index in [4.69, 9.17) is 0 Å². The highest BCUT2D eigenvalue weighted by atomic mass is 15.0. The van der Waals surface area contributed by atoms with Gasteiger partial charge in [0.15, 0.2) is 0 Å². The van der Waals surface area contributed by atoms with E-state index in [-0.39, 0.29) is 0 Å². The average Bonchev–Trinajstić information content (AvgIpc) is 2.94. The largest absolute Gasteiger partial charge is 0.373 e. The Morgan fingerprint density at radius 1 is 1.40 bits per heavy atom. The highest BCUT2D eigenvalue weighted by Crippen LogP contribution is 2.45. The predicted octanol–water partition coefficient (Wildman–Crippen LogP) is 2.77. The summed E-state index contributed by atoms with van der Waals surface area (Å²) in [6.07, 6.45) is 1.24. The molecule has 1 fully saturated rings. The molecule has 2 rings (SSSR count). The van der Waals surface area contributed by atoms with Gasteiger partial charge in [-0.1, -0.05) is 20.8 Å². The van der Waals surface area contributed by atoms with Gasteiger partial charge in [-0.2, -0.15) is 0 Å². The number of anilines is 1. The van der Waals surface area contributed by atoms with Crippen LogP contribution >= 0.6 is 0 Å². The zero-order chi connectivity index (χ0) is 11.0. The van der Waals surface area contributed by atoms with Gasteiger partial charge in [0.05, 0.1) is 0 Å². The van der Waals surface area contributed by atoms with E-state index >= 15 is 0 Å². The van der Waals surface area contributed by atoms with Crippen molar-refractivity contribution < 1.29 is 0 Å². The summed E-state index contributed by atoms with van der Waals surface area (Å²) >= 11 is 0. The van der Waals surface area contributed by atoms with Gasteiger partial charge in [-0.25, -0.2) is 9.97 Å². The van der Waals surface area contributed by atoms with Crippen LogP contribution in [-0.4, -0.2) is 17.0 Å². The van der Waals surface area contributed by atoms with Gasteiger partial charge in [-0.15, -0.1) is 0 Å². The Kier molecular flexibility index (Phi) is 2.63. The first-order valence-electron chi connectivity index (χ1n) is 5.68. The summed E-state index contributed by atoms with van der Waals surface area (Å²) in [6.45, 7) is 6.60. The van der Waals surface area contributed by atoms with Gasteiger partial charge in [0.25, 0.3) is 0 Å². The number of rotatable bonds is 3. The lowest BCUT2D eigenvalue weighted by molar-refractivity contribution is 0.768. The summed E-state index contributed by atoms with van der Waals surface area (Å²) < 4.78 is 0. The first kappa shape index (κ1) is 10.4. The maximum Gasteiger partial charge on any atom is 0.134 e. The van der Waals surface area contributed by atoms with Crippen LogP contribution in [0, 0.1) is 5.92 Å². The Morgan fingerprint density at radius 3 is 2.53 bits per heavy atom. The Bertz CT molecular complexity index is 360. The molecule has 1 aromatic rings. The molecular weight excluding hydrogens is 186 g/mol. The van der Waals surface area contributed by atoms with Gasteiger partial charge in [-0.3, -0.25) is 0 Å². The summed E-state index contributed by atoms with van der Waals surface area (Å²) in [5.74, 6) is 3.79. The normalized spacial score (nSPS) is 24.3. The van der Waals surface area contributed by atoms with Gasteiger partial charge >= 0.3 is 0 Å². The van der Waals surface area contributed by atoms with Crippen LogP contribution in [0.3, 0.4) is 0 Å². The minimum atomic E-state index is 0.466. The smallest absolute Gasteiger partial charge is 0.134 e. The molecule has 0 amide bonds. The molecule has 82 valence electrons. The quantitative estimate of drug-likeness (QED) is 0.824. The van der Waals surface area contributed by atoms with Gasteiger partial charge in [-0.05, 0) is 18.3 Å². The number of hydrogen-bond donors (Lipinski definition) is 1. The van der Waals surface area contributed by atoms with Crippen molar-refractivity contribution in [1.29, 1.82) is 0 Å². The molecule has 0 saturated heterocycles. The van der Waals surface area contributed by atoms with E-state index in [0.29, 0.717) is 11.8 Å². The van der Waals surface area contributed by atoms with Crippen molar-refractivity contribution in [2.45, 2.75) is 39.0 Å². The van der Waals surface area contributed by atoms with Gasteiger partial charge in [0.1, 0.15) is 11.6 Å². The third kappa shape index (κ3) is 2.11. The van der Waals surface area contributed by atoms with Crippen molar-refractivity contribution in [1.82, 2.24) is 9.97 Å². The fourth-order valence-electron chi connectivity index (χ4n) is 1.76. The lowest BCUT2D eigenvalue weighted by Gasteiger charge is -2.09. The molecule has 2 atom stereocenters. The molecule has 0 aromatic carbocycles. The third-order valence-corrected chi connectivity index (χ3v) is 3.05. The molecule has 1 N–H and O–H groups in total. The molecule has 2 unspecified atom stereocenters. The summed E-state index contributed by atoms with van der Waals surface area (Å²) in [4.78, 5) is 9.17. The number of aromatic nitrogens is 2. The molecule has 0 aliphatic heterocycles. The van der Waals surface area contributed by atoms with Crippen LogP contribution in [0.5, 0.6) is 0 Å². The second-order valence-electron chi connectivity index (χ2n) is 4.76. The maximum absolute atomic E-state index is 4.64. The fourth-order valence-corrected chi connectivity index (χ4v) is 1.76. The van der Waals surface area contributed by atoms with Crippen molar-refractivity contribution in [3.8, 4) is 0 Å². The molecule has 0 radical (unpaired) electrons. The molecule has 0 spiro atoms. The lowest BCUT2D eigenvalue weighted by atomic mass is 10.1. The zero-order valence-electron chi connectivity index (χ0n) is 9.91. The Hall–Kier alpha value is -1.12. The molecule has 1 aliphatic carbocycles. The van der Waals surface area contributed by atoms with Gasteiger partial charge in [0.2, 0.25) is 0 Å². The van der Waals surface area contributed by atoms with Crippen LogP contribution in [0.15, 0.2) is 6.07 Å². The molecule has 3 heteroatoms. The SMILES string of the molecule is CNc1cc(C(C)C)nc(C2CC2C)n1. The molecular formula is C12H19N3. The van der Waals surface area contributed by atoms with E-state index in [1.54, 1.807) is 0 Å². The van der Waals surface area contributed by atoms with Crippen LogP contribution in [0.25, 0.3) is 0 Å². The van der Waals surface area contributed by atoms with Crippen molar-refractivity contribution in [3.63, 3.8) is 0 Å². The van der Waals surface area contributed by atoms with E-state index in [1.165, 1.54) is 6.42 Å². The van der Waals surface area contributed by atoms with E-state index in [0.717, 1.165) is 23.3 Å². The minimum absolute atomic E-state index is 0.466. The van der Waals surface area contributed by atoms with Crippen molar-refractivity contribution in [3.05, 3.63) is 17.6 Å². The third-order valence-electron chi connectivity index (χ3n) is 3.05. The maximum atomic E-state index is 4.64. The molecule has 1 aromatic heterocycles. The van der Waals surface area contributed by atoms with Crippen LogP contribution in [0.4, 0.5) is 5.82 Å². The van der Waals surface area contributed by atoms with Crippen molar-refractivity contribution >= 4 is 5.82 Å². The summed E-state index contributed by atoms with van der Waals surface area (Å²) in [6, 6.07) is 2.04. The number of hydrogen-bond acceptors (Lipinski definition) is 3. The van der Waals surface area contributed by atoms with Gasteiger partial charge < -0.3 is 5.32 Å². The van der Waals surface area contributed by atoms with Gasteiger partial charge in [0, 0.05) is 24.7 Å². The van der Waals surface area contributed by atoms with Crippen molar-refractivity contribution in [2.75, 3.05) is 12.4 Å². The molecule has 15 heavy (non-hydrogen) atoms. The first-order chi connectivity index (χ1) is 7.11. The second kappa shape index (κ2) is 3.80. The molecule has 3 nitrogen and oxygen atoms in total. The predicted molar refractivity (Wildman–Crippen MR) is 62.2 cm³/mol. The second-order valence-corrected chi connectivity index (χ2v) is 4.76. The molecule has 0 bridgehead atoms. The number of nitrogens with zero attached hydrogens (tertiary/aromatic N) is 2. The Balaban J connectivity index is 2.33. The highest BCUT2D eigenvalue weighted by Gasteiger charge is 2.37. The topological polar surface area (TPSA) is 37.8 Å². The summed E-state index contributed by atoms with van der Waals surface area (Å²) in [7, 11) is 1.91. The van der Waals surface area contributed by atoms with E-state index in [2.05, 4.69) is 36.1 Å². The molecule has 1 heterocycles. The Labute approximate surface area is 91.3 Å². The summed E-state index contributed by atoms with van der Waals surface area (Å²) in [5, 5.41) is 3.11. The standard InChI is InChI=1S/C12H19N3/c1-7(2)10-6-11(13-4)15-12(14-10)9-5-8(9)3/h6-9H,5H2,1-4H3,(H,13,14,15). The lowest BCUT2D eigenvalue weighted by Crippen LogP contribution is -2.04. The Morgan fingerprint density at radius 2 is 2.07 bits per heavy atom. The first-order valence-corrected chi connectivity index (χ1v) is 5.68.